The molecule has 4 nitrogen and oxygen atoms in total. The van der Waals surface area contributed by atoms with E-state index in [0.717, 1.165) is 9.37 Å². The molecule has 0 aliphatic carbocycles. The Labute approximate surface area is 93.5 Å². The number of nitrogens with zero attached hydrogens (tertiary/aromatic N) is 3. The van der Waals surface area contributed by atoms with Crippen LogP contribution in [-0.2, 0) is 0 Å². The molecule has 0 fully saturated rings. The molecule has 0 aliphatic heterocycles. The zero-order valence-electron chi connectivity index (χ0n) is 6.85. The van der Waals surface area contributed by atoms with Crippen molar-refractivity contribution in [1.29, 1.82) is 0 Å². The number of hydrogen-bond donors (Lipinski definition) is 1. The Morgan fingerprint density at radius 3 is 2.93 bits per heavy atom. The van der Waals surface area contributed by atoms with Crippen molar-refractivity contribution in [2.45, 2.75) is 9.37 Å². The zero-order valence-corrected chi connectivity index (χ0v) is 9.23. The molecule has 0 spiro atoms. The largest absolute Gasteiger partial charge is 0.399 e. The first-order valence-corrected chi connectivity index (χ1v) is 5.68. The van der Waals surface area contributed by atoms with Crippen molar-refractivity contribution < 1.29 is 0 Å². The van der Waals surface area contributed by atoms with Crippen molar-refractivity contribution in [3.63, 3.8) is 0 Å². The van der Waals surface area contributed by atoms with Gasteiger partial charge in [-0.25, -0.2) is 4.98 Å². The normalized spacial score (nSPS) is 10.4. The molecule has 0 saturated carbocycles. The third-order valence-corrected chi connectivity index (χ3v) is 3.21. The quantitative estimate of drug-likeness (QED) is 0.822. The Morgan fingerprint density at radius 1 is 1.43 bits per heavy atom. The zero-order chi connectivity index (χ0) is 9.97. The molecular weight excluding hydrogens is 240 g/mol. The van der Waals surface area contributed by atoms with Crippen molar-refractivity contribution in [2.24, 2.45) is 0 Å². The summed E-state index contributed by atoms with van der Waals surface area (Å²) in [4.78, 5) is 4.10. The lowest BCUT2D eigenvalue weighted by Gasteiger charge is -1.99. The van der Waals surface area contributed by atoms with E-state index in [-0.39, 0.29) is 0 Å². The molecule has 0 aromatic carbocycles. The van der Waals surface area contributed by atoms with Gasteiger partial charge < -0.3 is 5.73 Å². The molecular formula is C7H5ClN4S2. The first-order valence-electron chi connectivity index (χ1n) is 3.61. The minimum atomic E-state index is 0.386. The molecule has 0 aliphatic rings. The summed E-state index contributed by atoms with van der Waals surface area (Å²) < 4.78 is 0.819. The van der Waals surface area contributed by atoms with E-state index in [1.54, 1.807) is 17.6 Å². The molecule has 0 radical (unpaired) electrons. The highest BCUT2D eigenvalue weighted by Crippen LogP contribution is 2.29. The highest BCUT2D eigenvalue weighted by atomic mass is 35.5. The van der Waals surface area contributed by atoms with Gasteiger partial charge in [0.25, 0.3) is 0 Å². The van der Waals surface area contributed by atoms with E-state index in [4.69, 9.17) is 17.3 Å². The molecule has 14 heavy (non-hydrogen) atoms. The number of nitrogens with two attached hydrogens (primary N) is 1. The first kappa shape index (κ1) is 9.70. The summed E-state index contributed by atoms with van der Waals surface area (Å²) in [5.41, 5.74) is 7.88. The molecule has 0 unspecified atom stereocenters. The summed E-state index contributed by atoms with van der Waals surface area (Å²) >= 11 is 8.59. The van der Waals surface area contributed by atoms with Crippen molar-refractivity contribution in [3.05, 3.63) is 22.8 Å². The van der Waals surface area contributed by atoms with Crippen LogP contribution >= 0.6 is 34.7 Å². The molecule has 2 aromatic rings. The van der Waals surface area contributed by atoms with Crippen molar-refractivity contribution >= 4 is 40.4 Å². The summed E-state index contributed by atoms with van der Waals surface area (Å²) in [5.74, 6) is 0. The van der Waals surface area contributed by atoms with Gasteiger partial charge in [0.1, 0.15) is 15.7 Å². The van der Waals surface area contributed by atoms with Gasteiger partial charge in [0, 0.05) is 5.69 Å². The van der Waals surface area contributed by atoms with Crippen LogP contribution in [0.25, 0.3) is 0 Å². The van der Waals surface area contributed by atoms with Gasteiger partial charge in [0.2, 0.25) is 0 Å². The van der Waals surface area contributed by atoms with Gasteiger partial charge in [-0.15, -0.1) is 10.2 Å². The Bertz CT molecular complexity index is 411. The van der Waals surface area contributed by atoms with Crippen LogP contribution in [0.3, 0.4) is 0 Å². The van der Waals surface area contributed by atoms with E-state index >= 15 is 0 Å². The molecule has 72 valence electrons. The average Bonchev–Trinajstić information content (AvgIpc) is 2.54. The molecule has 2 aromatic heterocycles. The van der Waals surface area contributed by atoms with E-state index in [1.807, 2.05) is 0 Å². The number of aromatic nitrogens is 3. The fourth-order valence-electron chi connectivity index (χ4n) is 0.841. The monoisotopic (exact) mass is 244 g/mol. The molecule has 0 atom stereocenters. The lowest BCUT2D eigenvalue weighted by molar-refractivity contribution is 1.01. The predicted octanol–water partition coefficient (Wildman–Crippen LogP) is 2.32. The van der Waals surface area contributed by atoms with E-state index in [1.165, 1.54) is 23.1 Å². The topological polar surface area (TPSA) is 64.7 Å². The van der Waals surface area contributed by atoms with Crippen LogP contribution < -0.4 is 5.73 Å². The fourth-order valence-corrected chi connectivity index (χ4v) is 2.57. The molecule has 2 rings (SSSR count). The number of nitrogen functional groups attached to an aromatic ring is 1. The van der Waals surface area contributed by atoms with Crippen LogP contribution in [0.15, 0.2) is 27.0 Å². The lowest BCUT2D eigenvalue weighted by Crippen LogP contribution is -1.88. The van der Waals surface area contributed by atoms with Crippen molar-refractivity contribution in [1.82, 2.24) is 15.2 Å². The van der Waals surface area contributed by atoms with Gasteiger partial charge >= 0.3 is 0 Å². The Hall–Kier alpha value is -0.850. The van der Waals surface area contributed by atoms with Gasteiger partial charge in [0.15, 0.2) is 4.34 Å². The molecule has 0 bridgehead atoms. The van der Waals surface area contributed by atoms with Crippen LogP contribution in [-0.4, -0.2) is 15.2 Å². The number of pyridine rings is 1. The van der Waals surface area contributed by atoms with Gasteiger partial charge in [0.05, 0.1) is 0 Å². The van der Waals surface area contributed by atoms with E-state index in [2.05, 4.69) is 15.2 Å². The third kappa shape index (κ3) is 2.34. The summed E-state index contributed by atoms with van der Waals surface area (Å²) in [7, 11) is 0. The minimum absolute atomic E-state index is 0.386. The van der Waals surface area contributed by atoms with Gasteiger partial charge in [-0.3, -0.25) is 0 Å². The van der Waals surface area contributed by atoms with E-state index in [9.17, 15) is 0 Å². The number of halogens is 1. The summed E-state index contributed by atoms with van der Waals surface area (Å²) in [6.45, 7) is 0. The van der Waals surface area contributed by atoms with Crippen LogP contribution in [0.1, 0.15) is 0 Å². The van der Waals surface area contributed by atoms with Gasteiger partial charge in [-0.05, 0) is 23.9 Å². The maximum absolute atomic E-state index is 5.75. The highest BCUT2D eigenvalue weighted by Gasteiger charge is 2.04. The van der Waals surface area contributed by atoms with Crippen molar-refractivity contribution in [3.8, 4) is 0 Å². The van der Waals surface area contributed by atoms with Crippen LogP contribution in [0, 0.1) is 0 Å². The Kier molecular flexibility index (Phi) is 2.85. The lowest BCUT2D eigenvalue weighted by atomic mass is 10.4. The van der Waals surface area contributed by atoms with E-state index in [0.29, 0.717) is 10.8 Å². The van der Waals surface area contributed by atoms with E-state index < -0.39 is 0 Å². The van der Waals surface area contributed by atoms with Gasteiger partial charge in [-0.2, -0.15) is 0 Å². The molecule has 2 N–H and O–H groups in total. The smallest absolute Gasteiger partial charge is 0.180 e. The molecule has 0 saturated heterocycles. The van der Waals surface area contributed by atoms with Crippen LogP contribution in [0.5, 0.6) is 0 Å². The standard InChI is InChI=1S/C7H5ClN4S2/c8-5-1-4(9)2-6(11-5)14-7-12-10-3-13-7/h1-3H,(H2,9,11). The highest BCUT2D eigenvalue weighted by molar-refractivity contribution is 8.00. The maximum Gasteiger partial charge on any atom is 0.180 e. The Morgan fingerprint density at radius 2 is 2.29 bits per heavy atom. The molecule has 2 heterocycles. The fraction of sp³-hybridized carbons (Fsp3) is 0. The SMILES string of the molecule is Nc1cc(Cl)nc(Sc2nncs2)c1. The minimum Gasteiger partial charge on any atom is -0.399 e. The average molecular weight is 245 g/mol. The first-order chi connectivity index (χ1) is 6.74. The van der Waals surface area contributed by atoms with Crippen LogP contribution in [0.2, 0.25) is 5.15 Å². The second-order valence-corrected chi connectivity index (χ2v) is 4.86. The second-order valence-electron chi connectivity index (χ2n) is 2.37. The molecule has 0 amide bonds. The number of hydrogen-bond acceptors (Lipinski definition) is 6. The third-order valence-electron chi connectivity index (χ3n) is 1.32. The molecule has 7 heteroatoms. The van der Waals surface area contributed by atoms with Crippen LogP contribution in [0.4, 0.5) is 5.69 Å². The predicted molar refractivity (Wildman–Crippen MR) is 57.7 cm³/mol. The second kappa shape index (κ2) is 4.12. The van der Waals surface area contributed by atoms with Crippen molar-refractivity contribution in [2.75, 3.05) is 5.73 Å². The van der Waals surface area contributed by atoms with Gasteiger partial charge in [-0.1, -0.05) is 22.9 Å². The maximum atomic E-state index is 5.75. The Balaban J connectivity index is 2.25. The number of anilines is 1. The summed E-state index contributed by atoms with van der Waals surface area (Å²) in [5, 5.41) is 8.71. The summed E-state index contributed by atoms with van der Waals surface area (Å²) in [6.07, 6.45) is 0. The number of rotatable bonds is 2. The summed E-state index contributed by atoms with van der Waals surface area (Å²) in [6, 6.07) is 3.35.